The molecule has 0 aliphatic carbocycles. The van der Waals surface area contributed by atoms with Gasteiger partial charge in [-0.1, -0.05) is 0 Å². The van der Waals surface area contributed by atoms with Crippen LogP contribution in [0.2, 0.25) is 0 Å². The van der Waals surface area contributed by atoms with Gasteiger partial charge >= 0.3 is 12.0 Å². The van der Waals surface area contributed by atoms with Gasteiger partial charge in [-0.3, -0.25) is 9.69 Å². The van der Waals surface area contributed by atoms with Crippen LogP contribution in [0.4, 0.5) is 4.79 Å². The van der Waals surface area contributed by atoms with Crippen LogP contribution in [0, 0.1) is 0 Å². The number of nitrogens with one attached hydrogen (secondary N) is 1. The van der Waals surface area contributed by atoms with Crippen LogP contribution >= 0.6 is 0 Å². The Hall–Kier alpha value is -2.77. The number of carbonyl (C=O) groups excluding carboxylic acids is 3. The maximum absolute atomic E-state index is 11.9. The predicted octanol–water partition coefficient (Wildman–Crippen LogP) is 0.412. The lowest BCUT2D eigenvalue weighted by molar-refractivity contribution is -0.129. The Kier molecular flexibility index (Phi) is 4.82. The number of hydrogen-bond acceptors (Lipinski definition) is 6. The molecule has 1 aliphatic rings. The Morgan fingerprint density at radius 1 is 1.27 bits per heavy atom. The maximum Gasteiger partial charge on any atom is 0.337 e. The van der Waals surface area contributed by atoms with Crippen LogP contribution < -0.4 is 14.8 Å². The highest BCUT2D eigenvalue weighted by atomic mass is 16.5. The third-order valence-corrected chi connectivity index (χ3v) is 3.09. The van der Waals surface area contributed by atoms with Gasteiger partial charge in [-0.2, -0.15) is 0 Å². The van der Waals surface area contributed by atoms with Crippen molar-refractivity contribution in [2.75, 3.05) is 33.9 Å². The SMILES string of the molecule is COC(=O)c1ccc(OCC(=O)N2CCNC2=O)c(OC)c1. The fourth-order valence-corrected chi connectivity index (χ4v) is 1.96. The first-order valence-corrected chi connectivity index (χ1v) is 6.54. The molecule has 8 heteroatoms. The number of carbonyl (C=O) groups is 3. The molecule has 22 heavy (non-hydrogen) atoms. The number of nitrogens with zero attached hydrogens (tertiary/aromatic N) is 1. The lowest BCUT2D eigenvalue weighted by Crippen LogP contribution is -2.37. The molecule has 3 amide bonds. The zero-order valence-corrected chi connectivity index (χ0v) is 12.3. The van der Waals surface area contributed by atoms with E-state index in [0.717, 1.165) is 4.90 Å². The molecule has 118 valence electrons. The summed E-state index contributed by atoms with van der Waals surface area (Å²) in [5.41, 5.74) is 0.303. The summed E-state index contributed by atoms with van der Waals surface area (Å²) in [4.78, 5) is 35.8. The van der Waals surface area contributed by atoms with Crippen molar-refractivity contribution >= 4 is 17.9 Å². The van der Waals surface area contributed by atoms with Crippen LogP contribution in [0.5, 0.6) is 11.5 Å². The topological polar surface area (TPSA) is 94.2 Å². The number of imide groups is 1. The smallest absolute Gasteiger partial charge is 0.337 e. The number of ether oxygens (including phenoxy) is 3. The van der Waals surface area contributed by atoms with Gasteiger partial charge in [0.25, 0.3) is 5.91 Å². The van der Waals surface area contributed by atoms with Gasteiger partial charge in [0.1, 0.15) is 0 Å². The van der Waals surface area contributed by atoms with Crippen molar-refractivity contribution < 1.29 is 28.6 Å². The van der Waals surface area contributed by atoms with Crippen molar-refractivity contribution in [1.29, 1.82) is 0 Å². The highest BCUT2D eigenvalue weighted by Crippen LogP contribution is 2.28. The largest absolute Gasteiger partial charge is 0.493 e. The van der Waals surface area contributed by atoms with E-state index in [4.69, 9.17) is 9.47 Å². The minimum absolute atomic E-state index is 0.293. The fraction of sp³-hybridized carbons (Fsp3) is 0.357. The Balaban J connectivity index is 2.04. The molecule has 0 aromatic heterocycles. The van der Waals surface area contributed by atoms with Crippen molar-refractivity contribution in [1.82, 2.24) is 10.2 Å². The van der Waals surface area contributed by atoms with E-state index in [9.17, 15) is 14.4 Å². The zero-order valence-electron chi connectivity index (χ0n) is 12.3. The normalized spacial score (nSPS) is 13.5. The molecule has 0 atom stereocenters. The first-order valence-electron chi connectivity index (χ1n) is 6.54. The van der Waals surface area contributed by atoms with Crippen LogP contribution in [0.1, 0.15) is 10.4 Å². The van der Waals surface area contributed by atoms with E-state index in [1.54, 1.807) is 0 Å². The molecule has 1 heterocycles. The Morgan fingerprint density at radius 3 is 2.64 bits per heavy atom. The van der Waals surface area contributed by atoms with Crippen LogP contribution in [0.15, 0.2) is 18.2 Å². The van der Waals surface area contributed by atoms with Gasteiger partial charge in [-0.05, 0) is 18.2 Å². The lowest BCUT2D eigenvalue weighted by Gasteiger charge is -2.14. The van der Waals surface area contributed by atoms with Crippen molar-refractivity contribution in [3.8, 4) is 11.5 Å². The minimum atomic E-state index is -0.505. The van der Waals surface area contributed by atoms with Crippen molar-refractivity contribution in [2.24, 2.45) is 0 Å². The standard InChI is InChI=1S/C14H16N2O6/c1-20-11-7-9(13(18)21-2)3-4-10(11)22-8-12(17)16-6-5-15-14(16)19/h3-4,7H,5-6,8H2,1-2H3,(H,15,19). The van der Waals surface area contributed by atoms with Crippen LogP contribution in [0.25, 0.3) is 0 Å². The second kappa shape index (κ2) is 6.79. The molecular formula is C14H16N2O6. The number of hydrogen-bond donors (Lipinski definition) is 1. The summed E-state index contributed by atoms with van der Waals surface area (Å²) in [5, 5.41) is 2.53. The second-order valence-corrected chi connectivity index (χ2v) is 4.42. The molecule has 2 rings (SSSR count). The molecule has 0 bridgehead atoms. The lowest BCUT2D eigenvalue weighted by atomic mass is 10.2. The first-order chi connectivity index (χ1) is 10.6. The molecule has 0 unspecified atom stereocenters. The monoisotopic (exact) mass is 308 g/mol. The van der Waals surface area contributed by atoms with Crippen LogP contribution in [0.3, 0.4) is 0 Å². The van der Waals surface area contributed by atoms with E-state index in [0.29, 0.717) is 30.2 Å². The van der Waals surface area contributed by atoms with Gasteiger partial charge in [0.2, 0.25) is 0 Å². The van der Waals surface area contributed by atoms with Crippen molar-refractivity contribution in [3.63, 3.8) is 0 Å². The molecule has 0 saturated carbocycles. The van der Waals surface area contributed by atoms with E-state index in [-0.39, 0.29) is 6.61 Å². The number of amides is 3. The second-order valence-electron chi connectivity index (χ2n) is 4.42. The minimum Gasteiger partial charge on any atom is -0.493 e. The molecular weight excluding hydrogens is 292 g/mol. The summed E-state index contributed by atoms with van der Waals surface area (Å²) in [7, 11) is 2.69. The first kappa shape index (κ1) is 15.6. The average Bonchev–Trinajstić information content (AvgIpc) is 2.97. The van der Waals surface area contributed by atoms with Gasteiger partial charge < -0.3 is 19.5 Å². The molecule has 1 saturated heterocycles. The summed E-state index contributed by atoms with van der Waals surface area (Å²) in [6.45, 7) is 0.447. The van der Waals surface area contributed by atoms with Crippen molar-refractivity contribution in [3.05, 3.63) is 23.8 Å². The summed E-state index contributed by atoms with van der Waals surface area (Å²) in [6.07, 6.45) is 0. The van der Waals surface area contributed by atoms with E-state index in [1.165, 1.54) is 32.4 Å². The van der Waals surface area contributed by atoms with Crippen molar-refractivity contribution in [2.45, 2.75) is 0 Å². The van der Waals surface area contributed by atoms with E-state index < -0.39 is 17.9 Å². The quantitative estimate of drug-likeness (QED) is 0.792. The third kappa shape index (κ3) is 3.27. The van der Waals surface area contributed by atoms with Gasteiger partial charge in [0, 0.05) is 13.1 Å². The van der Waals surface area contributed by atoms with Gasteiger partial charge in [0.05, 0.1) is 19.8 Å². The van der Waals surface area contributed by atoms with E-state index in [1.807, 2.05) is 0 Å². The molecule has 1 aromatic rings. The predicted molar refractivity (Wildman–Crippen MR) is 74.9 cm³/mol. The Labute approximate surface area is 126 Å². The number of esters is 1. The number of urea groups is 1. The zero-order chi connectivity index (χ0) is 16.1. The molecule has 1 aromatic carbocycles. The summed E-state index contributed by atoms with van der Waals surface area (Å²) in [5.74, 6) is -0.367. The average molecular weight is 308 g/mol. The molecule has 8 nitrogen and oxygen atoms in total. The van der Waals surface area contributed by atoms with Gasteiger partial charge in [-0.25, -0.2) is 9.59 Å². The fourth-order valence-electron chi connectivity index (χ4n) is 1.96. The number of rotatable bonds is 5. The highest BCUT2D eigenvalue weighted by Gasteiger charge is 2.26. The van der Waals surface area contributed by atoms with E-state index >= 15 is 0 Å². The number of benzene rings is 1. The summed E-state index contributed by atoms with van der Waals surface area (Å²) in [6, 6.07) is 4.02. The molecule has 1 aliphatic heterocycles. The van der Waals surface area contributed by atoms with E-state index in [2.05, 4.69) is 10.1 Å². The highest BCUT2D eigenvalue weighted by molar-refractivity contribution is 5.96. The summed E-state index contributed by atoms with van der Waals surface area (Å²) >= 11 is 0. The molecule has 1 N–H and O–H groups in total. The summed E-state index contributed by atoms with van der Waals surface area (Å²) < 4.78 is 15.1. The number of methoxy groups -OCH3 is 2. The Bertz CT molecular complexity index is 601. The van der Waals surface area contributed by atoms with Crippen LogP contribution in [-0.2, 0) is 9.53 Å². The van der Waals surface area contributed by atoms with Gasteiger partial charge in [0.15, 0.2) is 18.1 Å². The Morgan fingerprint density at radius 2 is 2.05 bits per heavy atom. The third-order valence-electron chi connectivity index (χ3n) is 3.09. The maximum atomic E-state index is 11.9. The molecule has 0 spiro atoms. The molecule has 0 radical (unpaired) electrons. The molecule has 1 fully saturated rings. The van der Waals surface area contributed by atoms with Gasteiger partial charge in [-0.15, -0.1) is 0 Å². The van der Waals surface area contributed by atoms with Crippen LogP contribution in [-0.4, -0.2) is 56.7 Å².